The monoisotopic (exact) mass is 370 g/mol. The molecule has 132 valence electrons. The zero-order chi connectivity index (χ0) is 18.3. The Morgan fingerprint density at radius 1 is 1.19 bits per heavy atom. The number of carbonyl (C=O) groups excluding carboxylic acids is 1. The van der Waals surface area contributed by atoms with Crippen molar-refractivity contribution in [2.24, 2.45) is 0 Å². The van der Waals surface area contributed by atoms with Crippen molar-refractivity contribution in [3.05, 3.63) is 63.0 Å². The molecule has 0 radical (unpaired) electrons. The number of benzene rings is 2. The molecule has 1 N–H and O–H groups in total. The summed E-state index contributed by atoms with van der Waals surface area (Å²) in [7, 11) is 0. The molecule has 4 rings (SSSR count). The number of hydrogen-bond donors (Lipinski definition) is 1. The third-order valence-electron chi connectivity index (χ3n) is 4.18. The lowest BCUT2D eigenvalue weighted by atomic mass is 10.1. The first-order valence-electron chi connectivity index (χ1n) is 7.89. The Morgan fingerprint density at radius 3 is 2.81 bits per heavy atom. The number of nitro benzene ring substituents is 1. The highest BCUT2D eigenvalue weighted by atomic mass is 32.1. The minimum Gasteiger partial charge on any atom is -0.454 e. The van der Waals surface area contributed by atoms with Crippen molar-refractivity contribution in [3.63, 3.8) is 0 Å². The molecule has 0 bridgehead atoms. The molecule has 1 aliphatic heterocycles. The van der Waals surface area contributed by atoms with Crippen LogP contribution < -0.4 is 14.8 Å². The van der Waals surface area contributed by atoms with E-state index in [-0.39, 0.29) is 24.4 Å². The van der Waals surface area contributed by atoms with Crippen molar-refractivity contribution in [1.29, 1.82) is 0 Å². The molecular formula is C18H14N2O5S. The molecule has 1 aromatic heterocycles. The second-order valence-electron chi connectivity index (χ2n) is 5.90. The molecule has 1 aliphatic rings. The van der Waals surface area contributed by atoms with E-state index in [9.17, 15) is 14.9 Å². The largest absolute Gasteiger partial charge is 0.454 e. The predicted octanol–water partition coefficient (Wildman–Crippen LogP) is 4.03. The number of carbonyl (C=O) groups is 1. The topological polar surface area (TPSA) is 90.7 Å². The quantitative estimate of drug-likeness (QED) is 0.553. The fraction of sp³-hybridized carbons (Fsp3) is 0.167. The maximum absolute atomic E-state index is 12.6. The summed E-state index contributed by atoms with van der Waals surface area (Å²) in [5.41, 5.74) is 0.912. The number of nitrogens with zero attached hydrogens (tertiary/aromatic N) is 1. The minimum absolute atomic E-state index is 0.0102. The Morgan fingerprint density at radius 2 is 2.00 bits per heavy atom. The van der Waals surface area contributed by atoms with Gasteiger partial charge in [0.2, 0.25) is 6.79 Å². The van der Waals surface area contributed by atoms with Gasteiger partial charge in [-0.2, -0.15) is 0 Å². The number of nitrogens with one attached hydrogen (secondary N) is 1. The van der Waals surface area contributed by atoms with Crippen LogP contribution in [0.2, 0.25) is 0 Å². The van der Waals surface area contributed by atoms with E-state index in [1.165, 1.54) is 23.5 Å². The molecule has 1 amide bonds. The maximum atomic E-state index is 12.6. The first kappa shape index (κ1) is 16.3. The smallest absolute Gasteiger partial charge is 0.270 e. The normalized spacial score (nSPS) is 13.6. The van der Waals surface area contributed by atoms with Gasteiger partial charge in [-0.25, -0.2) is 0 Å². The SMILES string of the molecule is C[C@H](NC(=O)c1cc2cc([N+](=O)[O-])ccc2s1)c1ccc2c(c1)OCO2. The van der Waals surface area contributed by atoms with Gasteiger partial charge in [0.25, 0.3) is 11.6 Å². The van der Waals surface area contributed by atoms with Gasteiger partial charge in [0, 0.05) is 22.2 Å². The lowest BCUT2D eigenvalue weighted by Crippen LogP contribution is -2.25. The van der Waals surface area contributed by atoms with Crippen molar-refractivity contribution in [2.75, 3.05) is 6.79 Å². The van der Waals surface area contributed by atoms with Gasteiger partial charge in [-0.1, -0.05) is 6.07 Å². The predicted molar refractivity (Wildman–Crippen MR) is 96.9 cm³/mol. The lowest BCUT2D eigenvalue weighted by molar-refractivity contribution is -0.384. The van der Waals surface area contributed by atoms with Gasteiger partial charge < -0.3 is 14.8 Å². The highest BCUT2D eigenvalue weighted by Gasteiger charge is 2.19. The Hall–Kier alpha value is -3.13. The number of hydrogen-bond acceptors (Lipinski definition) is 6. The van der Waals surface area contributed by atoms with E-state index in [0.29, 0.717) is 21.8 Å². The molecule has 0 unspecified atom stereocenters. The number of nitro groups is 1. The molecule has 0 fully saturated rings. The van der Waals surface area contributed by atoms with Crippen molar-refractivity contribution >= 4 is 33.0 Å². The van der Waals surface area contributed by atoms with E-state index < -0.39 is 4.92 Å². The van der Waals surface area contributed by atoms with Crippen molar-refractivity contribution in [2.45, 2.75) is 13.0 Å². The fourth-order valence-corrected chi connectivity index (χ4v) is 3.74. The maximum Gasteiger partial charge on any atom is 0.270 e. The molecule has 0 saturated heterocycles. The van der Waals surface area contributed by atoms with Gasteiger partial charge in [0.05, 0.1) is 15.8 Å². The molecule has 0 spiro atoms. The first-order valence-corrected chi connectivity index (χ1v) is 8.71. The van der Waals surface area contributed by atoms with Crippen LogP contribution in [0.3, 0.4) is 0 Å². The Labute approximate surface area is 152 Å². The second kappa shape index (κ2) is 6.30. The summed E-state index contributed by atoms with van der Waals surface area (Å²) in [5.74, 6) is 1.13. The Balaban J connectivity index is 1.54. The third-order valence-corrected chi connectivity index (χ3v) is 5.29. The van der Waals surface area contributed by atoms with Crippen LogP contribution in [0.25, 0.3) is 10.1 Å². The Kier molecular flexibility index (Phi) is 3.96. The number of amides is 1. The van der Waals surface area contributed by atoms with E-state index in [1.807, 2.05) is 25.1 Å². The molecule has 3 aromatic rings. The van der Waals surface area contributed by atoms with Crippen LogP contribution in [0, 0.1) is 10.1 Å². The second-order valence-corrected chi connectivity index (χ2v) is 6.98. The molecule has 0 saturated carbocycles. The van der Waals surface area contributed by atoms with Gasteiger partial charge in [-0.15, -0.1) is 11.3 Å². The summed E-state index contributed by atoms with van der Waals surface area (Å²) >= 11 is 1.30. The van der Waals surface area contributed by atoms with E-state index in [0.717, 1.165) is 10.3 Å². The van der Waals surface area contributed by atoms with E-state index in [2.05, 4.69) is 5.32 Å². The average molecular weight is 370 g/mol. The molecule has 8 heteroatoms. The van der Waals surface area contributed by atoms with Crippen LogP contribution in [0.15, 0.2) is 42.5 Å². The number of fused-ring (bicyclic) bond motifs is 2. The van der Waals surface area contributed by atoms with Gasteiger partial charge >= 0.3 is 0 Å². The van der Waals surface area contributed by atoms with Crippen molar-refractivity contribution in [3.8, 4) is 11.5 Å². The molecule has 0 aliphatic carbocycles. The minimum atomic E-state index is -0.446. The standard InChI is InChI=1S/C18H14N2O5S/c1-10(11-2-4-14-15(7-11)25-9-24-14)19-18(21)17-8-12-6-13(20(22)23)3-5-16(12)26-17/h2-8,10H,9H2,1H3,(H,19,21)/t10-/m0/s1. The van der Waals surface area contributed by atoms with Gasteiger partial charge in [-0.3, -0.25) is 14.9 Å². The number of ether oxygens (including phenoxy) is 2. The van der Waals surface area contributed by atoms with Crippen LogP contribution in [-0.4, -0.2) is 17.6 Å². The molecule has 1 atom stereocenters. The molecule has 2 aromatic carbocycles. The highest BCUT2D eigenvalue weighted by Crippen LogP contribution is 2.34. The lowest BCUT2D eigenvalue weighted by Gasteiger charge is -2.14. The summed E-state index contributed by atoms with van der Waals surface area (Å²) in [6.07, 6.45) is 0. The van der Waals surface area contributed by atoms with Gasteiger partial charge in [-0.05, 0) is 36.8 Å². The number of non-ortho nitro benzene ring substituents is 1. The first-order chi connectivity index (χ1) is 12.5. The van der Waals surface area contributed by atoms with Crippen LogP contribution in [0.5, 0.6) is 11.5 Å². The fourth-order valence-electron chi connectivity index (χ4n) is 2.79. The van der Waals surface area contributed by atoms with E-state index >= 15 is 0 Å². The summed E-state index contributed by atoms with van der Waals surface area (Å²) in [5, 5.41) is 14.5. The molecule has 26 heavy (non-hydrogen) atoms. The van der Waals surface area contributed by atoms with E-state index in [4.69, 9.17) is 9.47 Å². The van der Waals surface area contributed by atoms with Gasteiger partial charge in [0.1, 0.15) is 0 Å². The number of thiophene rings is 1. The average Bonchev–Trinajstić information content (AvgIpc) is 3.26. The highest BCUT2D eigenvalue weighted by molar-refractivity contribution is 7.20. The summed E-state index contributed by atoms with van der Waals surface area (Å²) in [4.78, 5) is 23.5. The summed E-state index contributed by atoms with van der Waals surface area (Å²) in [6.45, 7) is 2.08. The zero-order valence-corrected chi connectivity index (χ0v) is 14.5. The molecule has 7 nitrogen and oxygen atoms in total. The van der Waals surface area contributed by atoms with Crippen LogP contribution in [-0.2, 0) is 0 Å². The number of rotatable bonds is 4. The Bertz CT molecular complexity index is 1030. The molecular weight excluding hydrogens is 356 g/mol. The van der Waals surface area contributed by atoms with Crippen LogP contribution >= 0.6 is 11.3 Å². The van der Waals surface area contributed by atoms with E-state index in [1.54, 1.807) is 12.1 Å². The summed E-state index contributed by atoms with van der Waals surface area (Å²) < 4.78 is 11.5. The van der Waals surface area contributed by atoms with Crippen molar-refractivity contribution in [1.82, 2.24) is 5.32 Å². The molecule has 2 heterocycles. The van der Waals surface area contributed by atoms with Crippen LogP contribution in [0.1, 0.15) is 28.2 Å². The zero-order valence-electron chi connectivity index (χ0n) is 13.7. The summed E-state index contributed by atoms with van der Waals surface area (Å²) in [6, 6.07) is 11.6. The third kappa shape index (κ3) is 2.95. The van der Waals surface area contributed by atoms with Crippen molar-refractivity contribution < 1.29 is 19.2 Å². The van der Waals surface area contributed by atoms with Crippen LogP contribution in [0.4, 0.5) is 5.69 Å². The van der Waals surface area contributed by atoms with Gasteiger partial charge in [0.15, 0.2) is 11.5 Å².